The number of ether oxygens (including phenoxy) is 3. The number of carbonyl (C=O) groups excluding carboxylic acids is 1. The maximum absolute atomic E-state index is 12.9. The summed E-state index contributed by atoms with van der Waals surface area (Å²) >= 11 is 1.05. The summed E-state index contributed by atoms with van der Waals surface area (Å²) in [7, 11) is 1.57. The first-order valence-corrected chi connectivity index (χ1v) is 11.6. The number of para-hydroxylation sites is 1. The van der Waals surface area contributed by atoms with E-state index in [1.165, 1.54) is 6.07 Å². The summed E-state index contributed by atoms with van der Waals surface area (Å²) in [4.78, 5) is 16.2. The molecule has 1 amide bonds. The van der Waals surface area contributed by atoms with Crippen LogP contribution in [0.5, 0.6) is 17.2 Å². The van der Waals surface area contributed by atoms with Crippen LogP contribution in [0.4, 0.5) is 8.78 Å². The zero-order valence-corrected chi connectivity index (χ0v) is 19.5. The molecule has 4 aromatic rings. The lowest BCUT2D eigenvalue weighted by molar-refractivity contribution is -0.0498. The lowest BCUT2D eigenvalue weighted by Crippen LogP contribution is -2.28. The summed E-state index contributed by atoms with van der Waals surface area (Å²) in [5.74, 6) is 0.352. The molecule has 2 aromatic heterocycles. The molecule has 9 heteroatoms. The molecular weight excluding hydrogens is 462 g/mol. The predicted molar refractivity (Wildman–Crippen MR) is 128 cm³/mol. The van der Waals surface area contributed by atoms with E-state index < -0.39 is 12.5 Å². The molecule has 178 valence electrons. The fourth-order valence-corrected chi connectivity index (χ4v) is 4.63. The van der Waals surface area contributed by atoms with Crippen molar-refractivity contribution in [2.45, 2.75) is 19.5 Å². The fraction of sp³-hybridized carbons (Fsp3) is 0.240. The lowest BCUT2D eigenvalue weighted by atomic mass is 9.90. The Hall–Kier alpha value is -3.59. The highest BCUT2D eigenvalue weighted by molar-refractivity contribution is 7.12. The third-order valence-electron chi connectivity index (χ3n) is 5.40. The van der Waals surface area contributed by atoms with Crippen molar-refractivity contribution in [1.82, 2.24) is 10.3 Å². The molecule has 0 bridgehead atoms. The van der Waals surface area contributed by atoms with Crippen molar-refractivity contribution in [1.29, 1.82) is 0 Å². The van der Waals surface area contributed by atoms with Gasteiger partial charge in [0.15, 0.2) is 11.5 Å². The van der Waals surface area contributed by atoms with Crippen LogP contribution in [0.1, 0.15) is 33.6 Å². The molecule has 4 rings (SSSR count). The van der Waals surface area contributed by atoms with Gasteiger partial charge >= 0.3 is 6.61 Å². The van der Waals surface area contributed by atoms with Gasteiger partial charge in [-0.25, -0.2) is 0 Å². The summed E-state index contributed by atoms with van der Waals surface area (Å²) in [5, 5.41) is 5.45. The van der Waals surface area contributed by atoms with E-state index in [0.29, 0.717) is 18.1 Å². The number of hydrogen-bond donors (Lipinski definition) is 2. The average molecular weight is 487 g/mol. The number of rotatable bonds is 10. The monoisotopic (exact) mass is 486 g/mol. The van der Waals surface area contributed by atoms with E-state index in [-0.39, 0.29) is 23.1 Å². The van der Waals surface area contributed by atoms with Gasteiger partial charge < -0.3 is 24.5 Å². The molecule has 1 unspecified atom stereocenters. The SMILES string of the molecule is CCOc1ccc(C(CNC(=O)c2sccc2OC(F)F)c2c[nH]c3ccccc23)cc1OC. The van der Waals surface area contributed by atoms with Gasteiger partial charge in [0.2, 0.25) is 0 Å². The number of methoxy groups -OCH3 is 1. The van der Waals surface area contributed by atoms with Crippen molar-refractivity contribution >= 4 is 28.1 Å². The van der Waals surface area contributed by atoms with E-state index in [2.05, 4.69) is 15.0 Å². The number of hydrogen-bond acceptors (Lipinski definition) is 5. The van der Waals surface area contributed by atoms with Crippen LogP contribution in [-0.2, 0) is 0 Å². The number of fused-ring (bicyclic) bond motifs is 1. The second-order valence-electron chi connectivity index (χ2n) is 7.39. The number of alkyl halides is 2. The van der Waals surface area contributed by atoms with Crippen LogP contribution in [-0.4, -0.2) is 37.8 Å². The Balaban J connectivity index is 1.67. The number of amides is 1. The number of aromatic amines is 1. The second-order valence-corrected chi connectivity index (χ2v) is 8.30. The van der Waals surface area contributed by atoms with E-state index in [1.807, 2.05) is 55.6 Å². The Bertz CT molecular complexity index is 1270. The maximum Gasteiger partial charge on any atom is 0.387 e. The molecule has 0 aliphatic heterocycles. The summed E-state index contributed by atoms with van der Waals surface area (Å²) in [6, 6.07) is 14.9. The van der Waals surface area contributed by atoms with Crippen molar-refractivity contribution in [3.63, 3.8) is 0 Å². The molecule has 34 heavy (non-hydrogen) atoms. The molecule has 1 atom stereocenters. The Kier molecular flexibility index (Phi) is 7.32. The zero-order valence-electron chi connectivity index (χ0n) is 18.6. The second kappa shape index (κ2) is 10.6. The minimum atomic E-state index is -3.00. The van der Waals surface area contributed by atoms with Gasteiger partial charge in [-0.2, -0.15) is 8.78 Å². The minimum absolute atomic E-state index is 0.0993. The molecule has 0 saturated heterocycles. The van der Waals surface area contributed by atoms with Crippen LogP contribution < -0.4 is 19.5 Å². The lowest BCUT2D eigenvalue weighted by Gasteiger charge is -2.20. The molecule has 0 spiro atoms. The first-order chi connectivity index (χ1) is 16.5. The van der Waals surface area contributed by atoms with E-state index in [4.69, 9.17) is 9.47 Å². The number of halogens is 2. The molecular formula is C25H24F2N2O4S. The molecule has 0 fully saturated rings. The van der Waals surface area contributed by atoms with Gasteiger partial charge in [0.05, 0.1) is 13.7 Å². The van der Waals surface area contributed by atoms with Gasteiger partial charge in [0, 0.05) is 29.6 Å². The van der Waals surface area contributed by atoms with E-state index in [1.54, 1.807) is 12.5 Å². The summed E-state index contributed by atoms with van der Waals surface area (Å²) in [6.45, 7) is -0.379. The maximum atomic E-state index is 12.9. The van der Waals surface area contributed by atoms with Crippen molar-refractivity contribution in [3.8, 4) is 17.2 Å². The summed E-state index contributed by atoms with van der Waals surface area (Å²) in [5.41, 5.74) is 2.86. The first kappa shape index (κ1) is 23.6. The van der Waals surface area contributed by atoms with Crippen LogP contribution in [0.2, 0.25) is 0 Å². The Morgan fingerprint density at radius 1 is 1.12 bits per heavy atom. The third-order valence-corrected chi connectivity index (χ3v) is 6.30. The van der Waals surface area contributed by atoms with Crippen LogP contribution in [0, 0.1) is 0 Å². The minimum Gasteiger partial charge on any atom is -0.493 e. The predicted octanol–water partition coefficient (Wildman–Crippen LogP) is 5.80. The first-order valence-electron chi connectivity index (χ1n) is 10.7. The fourth-order valence-electron chi connectivity index (χ4n) is 3.89. The molecule has 2 aromatic carbocycles. The van der Waals surface area contributed by atoms with Crippen molar-refractivity contribution in [2.24, 2.45) is 0 Å². The molecule has 6 nitrogen and oxygen atoms in total. The van der Waals surface area contributed by atoms with Gasteiger partial charge in [-0.15, -0.1) is 11.3 Å². The smallest absolute Gasteiger partial charge is 0.387 e. The number of benzene rings is 2. The van der Waals surface area contributed by atoms with E-state index >= 15 is 0 Å². The average Bonchev–Trinajstić information content (AvgIpc) is 3.47. The number of nitrogens with one attached hydrogen (secondary N) is 2. The van der Waals surface area contributed by atoms with Crippen LogP contribution >= 0.6 is 11.3 Å². The quantitative estimate of drug-likeness (QED) is 0.297. The highest BCUT2D eigenvalue weighted by Crippen LogP contribution is 2.36. The van der Waals surface area contributed by atoms with Crippen LogP contribution in [0.15, 0.2) is 60.1 Å². The highest BCUT2D eigenvalue weighted by atomic mass is 32.1. The Morgan fingerprint density at radius 2 is 1.94 bits per heavy atom. The normalized spacial score (nSPS) is 12.0. The van der Waals surface area contributed by atoms with Crippen molar-refractivity contribution in [3.05, 3.63) is 76.1 Å². The molecule has 0 saturated carbocycles. The number of H-pyrrole nitrogens is 1. The topological polar surface area (TPSA) is 72.6 Å². The van der Waals surface area contributed by atoms with Crippen LogP contribution in [0.3, 0.4) is 0 Å². The molecule has 2 N–H and O–H groups in total. The van der Waals surface area contributed by atoms with Gasteiger partial charge in [-0.05, 0) is 47.7 Å². The molecule has 2 heterocycles. The van der Waals surface area contributed by atoms with Crippen molar-refractivity contribution < 1.29 is 27.8 Å². The summed E-state index contributed by atoms with van der Waals surface area (Å²) < 4.78 is 41.0. The molecule has 0 aliphatic rings. The molecule has 0 radical (unpaired) electrons. The zero-order chi connectivity index (χ0) is 24.1. The number of thiophene rings is 1. The number of carbonyl (C=O) groups is 1. The van der Waals surface area contributed by atoms with Crippen molar-refractivity contribution in [2.75, 3.05) is 20.3 Å². The van der Waals surface area contributed by atoms with E-state index in [9.17, 15) is 13.6 Å². The van der Waals surface area contributed by atoms with Gasteiger partial charge in [-0.3, -0.25) is 4.79 Å². The highest BCUT2D eigenvalue weighted by Gasteiger charge is 2.23. The Labute approximate surface area is 199 Å². The summed E-state index contributed by atoms with van der Waals surface area (Å²) in [6.07, 6.45) is 1.92. The van der Waals surface area contributed by atoms with Crippen LogP contribution in [0.25, 0.3) is 10.9 Å². The standard InChI is InChI=1S/C25H24F2N2O4S/c1-3-32-20-9-8-15(12-22(20)31-2)17(18-14-28-19-7-5-4-6-16(18)19)13-29-24(30)23-21(10-11-34-23)33-25(26)27/h4-12,14,17,25,28H,3,13H2,1-2H3,(H,29,30). The largest absolute Gasteiger partial charge is 0.493 e. The Morgan fingerprint density at radius 3 is 2.71 bits per heavy atom. The third kappa shape index (κ3) is 4.99. The molecule has 0 aliphatic carbocycles. The van der Waals surface area contributed by atoms with Gasteiger partial charge in [0.1, 0.15) is 10.6 Å². The van der Waals surface area contributed by atoms with E-state index in [0.717, 1.165) is 33.4 Å². The van der Waals surface area contributed by atoms with Gasteiger partial charge in [0.25, 0.3) is 5.91 Å². The number of aromatic nitrogens is 1. The van der Waals surface area contributed by atoms with Gasteiger partial charge in [-0.1, -0.05) is 24.3 Å².